The molecule has 2 heterocycles. The number of rotatable bonds is 3. The van der Waals surface area contributed by atoms with Crippen LogP contribution in [0.25, 0.3) is 0 Å². The Balaban J connectivity index is 1.87. The van der Waals surface area contributed by atoms with Crippen molar-refractivity contribution in [1.82, 2.24) is 9.97 Å². The molecule has 0 radical (unpaired) electrons. The predicted molar refractivity (Wildman–Crippen MR) is 77.2 cm³/mol. The number of nitrogen functional groups attached to an aromatic ring is 1. The molecular weight excluding hydrogens is 262 g/mol. The number of hydrogen-bond donors (Lipinski definition) is 2. The molecule has 1 saturated heterocycles. The van der Waals surface area contributed by atoms with Gasteiger partial charge in [0.05, 0.1) is 6.20 Å². The minimum Gasteiger partial charge on any atom is -0.352 e. The number of nitrogens with one attached hydrogen (secondary N) is 1. The van der Waals surface area contributed by atoms with Gasteiger partial charge in [-0.3, -0.25) is 5.43 Å². The maximum atomic E-state index is 6.27. The average Bonchev–Trinajstić information content (AvgIpc) is 3.09. The van der Waals surface area contributed by atoms with Gasteiger partial charge >= 0.3 is 0 Å². The third-order valence-electron chi connectivity index (χ3n) is 4.37. The number of hydrogen-bond acceptors (Lipinski definition) is 5. The van der Waals surface area contributed by atoms with Crippen molar-refractivity contribution in [2.75, 3.05) is 16.9 Å². The molecule has 2 fully saturated rings. The van der Waals surface area contributed by atoms with Gasteiger partial charge < -0.3 is 4.90 Å². The highest BCUT2D eigenvalue weighted by Gasteiger charge is 2.35. The monoisotopic (exact) mass is 281 g/mol. The Bertz CT molecular complexity index is 447. The Hall–Kier alpha value is -1.07. The van der Waals surface area contributed by atoms with Gasteiger partial charge in [0, 0.05) is 12.6 Å². The van der Waals surface area contributed by atoms with Crippen LogP contribution in [0.3, 0.4) is 0 Å². The standard InChI is InChI=1S/C13H20ClN5/c14-10-8-16-13(18-15)17-12(10)19-7-3-6-11(19)9-4-1-2-5-9/h8-9,11H,1-7,15H2,(H,16,17,18). The second kappa shape index (κ2) is 5.51. The van der Waals surface area contributed by atoms with E-state index in [0.29, 0.717) is 17.0 Å². The largest absolute Gasteiger partial charge is 0.352 e. The molecular formula is C13H20ClN5. The number of hydrazine groups is 1. The van der Waals surface area contributed by atoms with Crippen LogP contribution in [0.2, 0.25) is 5.02 Å². The zero-order valence-corrected chi connectivity index (χ0v) is 11.7. The normalized spacial score (nSPS) is 24.1. The molecule has 3 rings (SSSR count). The van der Waals surface area contributed by atoms with Crippen molar-refractivity contribution in [3.05, 3.63) is 11.2 Å². The van der Waals surface area contributed by atoms with Crippen LogP contribution in [0.15, 0.2) is 6.20 Å². The highest BCUT2D eigenvalue weighted by atomic mass is 35.5. The highest BCUT2D eigenvalue weighted by molar-refractivity contribution is 6.32. The molecule has 2 aliphatic rings. The van der Waals surface area contributed by atoms with Gasteiger partial charge in [0.2, 0.25) is 5.95 Å². The van der Waals surface area contributed by atoms with Gasteiger partial charge in [-0.2, -0.15) is 4.98 Å². The number of nitrogens with two attached hydrogens (primary N) is 1. The molecule has 104 valence electrons. The van der Waals surface area contributed by atoms with Crippen molar-refractivity contribution in [3.63, 3.8) is 0 Å². The van der Waals surface area contributed by atoms with Crippen molar-refractivity contribution >= 4 is 23.4 Å². The van der Waals surface area contributed by atoms with E-state index in [2.05, 4.69) is 20.3 Å². The molecule has 0 aromatic carbocycles. The second-order valence-electron chi connectivity index (χ2n) is 5.46. The molecule has 1 aliphatic heterocycles. The van der Waals surface area contributed by atoms with E-state index in [9.17, 15) is 0 Å². The van der Waals surface area contributed by atoms with E-state index in [-0.39, 0.29) is 0 Å². The highest BCUT2D eigenvalue weighted by Crippen LogP contribution is 2.39. The van der Waals surface area contributed by atoms with Crippen LogP contribution in [0.4, 0.5) is 11.8 Å². The number of halogens is 1. The number of anilines is 2. The summed E-state index contributed by atoms with van der Waals surface area (Å²) >= 11 is 6.27. The average molecular weight is 282 g/mol. The summed E-state index contributed by atoms with van der Waals surface area (Å²) in [5.74, 6) is 7.44. The summed E-state index contributed by atoms with van der Waals surface area (Å²) in [5, 5.41) is 0.615. The van der Waals surface area contributed by atoms with Crippen molar-refractivity contribution in [2.24, 2.45) is 11.8 Å². The van der Waals surface area contributed by atoms with Crippen LogP contribution in [0, 0.1) is 5.92 Å². The maximum Gasteiger partial charge on any atom is 0.239 e. The fourth-order valence-corrected chi connectivity index (χ4v) is 3.72. The van der Waals surface area contributed by atoms with Crippen LogP contribution in [0.1, 0.15) is 38.5 Å². The van der Waals surface area contributed by atoms with Crippen LogP contribution in [0.5, 0.6) is 0 Å². The third-order valence-corrected chi connectivity index (χ3v) is 4.64. The Morgan fingerprint density at radius 2 is 2.05 bits per heavy atom. The minimum absolute atomic E-state index is 0.427. The summed E-state index contributed by atoms with van der Waals surface area (Å²) in [6.07, 6.45) is 9.49. The first-order chi connectivity index (χ1) is 9.29. The Kier molecular flexibility index (Phi) is 3.75. The van der Waals surface area contributed by atoms with E-state index in [4.69, 9.17) is 17.4 Å². The minimum atomic E-state index is 0.427. The van der Waals surface area contributed by atoms with Crippen molar-refractivity contribution in [1.29, 1.82) is 0 Å². The molecule has 1 atom stereocenters. The van der Waals surface area contributed by atoms with Gasteiger partial charge in [-0.15, -0.1) is 0 Å². The lowest BCUT2D eigenvalue weighted by atomic mass is 9.96. The van der Waals surface area contributed by atoms with E-state index in [1.54, 1.807) is 6.20 Å². The Morgan fingerprint density at radius 3 is 2.79 bits per heavy atom. The van der Waals surface area contributed by atoms with Crippen LogP contribution in [-0.2, 0) is 0 Å². The summed E-state index contributed by atoms with van der Waals surface area (Å²) in [6.45, 7) is 1.03. The zero-order valence-electron chi connectivity index (χ0n) is 11.0. The lowest BCUT2D eigenvalue weighted by Gasteiger charge is -2.30. The van der Waals surface area contributed by atoms with E-state index >= 15 is 0 Å². The van der Waals surface area contributed by atoms with Crippen LogP contribution in [-0.4, -0.2) is 22.6 Å². The van der Waals surface area contributed by atoms with Gasteiger partial charge in [-0.1, -0.05) is 24.4 Å². The number of aromatic nitrogens is 2. The first kappa shape index (κ1) is 12.9. The lowest BCUT2D eigenvalue weighted by molar-refractivity contribution is 0.429. The zero-order chi connectivity index (χ0) is 13.2. The van der Waals surface area contributed by atoms with E-state index < -0.39 is 0 Å². The molecule has 19 heavy (non-hydrogen) atoms. The molecule has 3 N–H and O–H groups in total. The molecule has 1 unspecified atom stereocenters. The molecule has 0 spiro atoms. The smallest absolute Gasteiger partial charge is 0.239 e. The molecule has 6 heteroatoms. The first-order valence-corrected chi connectivity index (χ1v) is 7.43. The Morgan fingerprint density at radius 1 is 1.26 bits per heavy atom. The third kappa shape index (κ3) is 2.49. The summed E-state index contributed by atoms with van der Waals surface area (Å²) in [7, 11) is 0. The maximum absolute atomic E-state index is 6.27. The molecule has 1 aromatic rings. The molecule has 0 bridgehead atoms. The van der Waals surface area contributed by atoms with Gasteiger partial charge in [0.1, 0.15) is 5.02 Å². The molecule has 1 aromatic heterocycles. The quantitative estimate of drug-likeness (QED) is 0.658. The van der Waals surface area contributed by atoms with E-state index in [0.717, 1.165) is 18.3 Å². The molecule has 5 nitrogen and oxygen atoms in total. The van der Waals surface area contributed by atoms with Gasteiger partial charge in [0.25, 0.3) is 0 Å². The molecule has 1 aliphatic carbocycles. The van der Waals surface area contributed by atoms with Crippen molar-refractivity contribution < 1.29 is 0 Å². The summed E-state index contributed by atoms with van der Waals surface area (Å²) in [4.78, 5) is 10.8. The summed E-state index contributed by atoms with van der Waals surface area (Å²) in [6, 6.07) is 0.584. The predicted octanol–water partition coefficient (Wildman–Crippen LogP) is 2.57. The first-order valence-electron chi connectivity index (χ1n) is 7.05. The Labute approximate surface area is 118 Å². The summed E-state index contributed by atoms with van der Waals surface area (Å²) in [5.41, 5.74) is 2.49. The molecule has 1 saturated carbocycles. The van der Waals surface area contributed by atoms with Crippen molar-refractivity contribution in [2.45, 2.75) is 44.6 Å². The van der Waals surface area contributed by atoms with Gasteiger partial charge in [-0.05, 0) is 31.6 Å². The number of nitrogens with zero attached hydrogens (tertiary/aromatic N) is 3. The lowest BCUT2D eigenvalue weighted by Crippen LogP contribution is -2.35. The van der Waals surface area contributed by atoms with Gasteiger partial charge in [0.15, 0.2) is 5.82 Å². The van der Waals surface area contributed by atoms with Gasteiger partial charge in [-0.25, -0.2) is 10.8 Å². The fourth-order valence-electron chi connectivity index (χ4n) is 3.52. The molecule has 0 amide bonds. The summed E-state index contributed by atoms with van der Waals surface area (Å²) < 4.78 is 0. The van der Waals surface area contributed by atoms with E-state index in [1.165, 1.54) is 38.5 Å². The fraction of sp³-hybridized carbons (Fsp3) is 0.692. The SMILES string of the molecule is NNc1ncc(Cl)c(N2CCCC2C2CCCC2)n1. The van der Waals surface area contributed by atoms with Crippen LogP contribution >= 0.6 is 11.6 Å². The van der Waals surface area contributed by atoms with Crippen LogP contribution < -0.4 is 16.2 Å². The topological polar surface area (TPSA) is 67.1 Å². The second-order valence-corrected chi connectivity index (χ2v) is 5.86. The van der Waals surface area contributed by atoms with Crippen molar-refractivity contribution in [3.8, 4) is 0 Å². The van der Waals surface area contributed by atoms with E-state index in [1.807, 2.05) is 0 Å².